The molecule has 204 valence electrons. The van der Waals surface area contributed by atoms with Crippen molar-refractivity contribution in [3.63, 3.8) is 0 Å². The number of hydrogen-bond donors (Lipinski definition) is 1. The SMILES string of the molecule is CCOC(=O)Cn1ccc2cc(-c3ccc(-c4snc(C)c4NC(=O)OC(C)c4ccccc4Cl)cc3)ccc21. The molecule has 1 atom stereocenters. The van der Waals surface area contributed by atoms with Gasteiger partial charge in [-0.05, 0) is 73.3 Å². The standard InChI is InChI=1S/C31H28ClN3O4S/c1-4-38-28(36)18-35-16-15-24-17-23(13-14-27(24)35)21-9-11-22(12-10-21)30-29(19(2)34-40-30)33-31(37)39-20(3)25-7-5-6-8-26(25)32/h5-17,20H,4,18H2,1-3H3,(H,33,37). The first-order chi connectivity index (χ1) is 19.3. The molecule has 5 aromatic rings. The molecule has 0 aliphatic rings. The Morgan fingerprint density at radius 3 is 2.50 bits per heavy atom. The highest BCUT2D eigenvalue weighted by molar-refractivity contribution is 7.10. The fourth-order valence-corrected chi connectivity index (χ4v) is 5.69. The van der Waals surface area contributed by atoms with E-state index < -0.39 is 12.2 Å². The van der Waals surface area contributed by atoms with E-state index in [1.165, 1.54) is 11.5 Å². The number of halogens is 1. The third-order valence-corrected chi connectivity index (χ3v) is 7.90. The summed E-state index contributed by atoms with van der Waals surface area (Å²) in [4.78, 5) is 25.5. The summed E-state index contributed by atoms with van der Waals surface area (Å²) in [7, 11) is 0. The fraction of sp³-hybridized carbons (Fsp3) is 0.194. The molecule has 0 saturated carbocycles. The van der Waals surface area contributed by atoms with Crippen molar-refractivity contribution in [2.45, 2.75) is 33.4 Å². The van der Waals surface area contributed by atoms with Crippen molar-refractivity contribution in [3.8, 4) is 21.6 Å². The lowest BCUT2D eigenvalue weighted by molar-refractivity contribution is -0.143. The second-order valence-electron chi connectivity index (χ2n) is 9.27. The van der Waals surface area contributed by atoms with Gasteiger partial charge in [0.15, 0.2) is 0 Å². The summed E-state index contributed by atoms with van der Waals surface area (Å²) >= 11 is 7.57. The molecule has 5 rings (SSSR count). The molecule has 0 spiro atoms. The van der Waals surface area contributed by atoms with E-state index in [4.69, 9.17) is 21.1 Å². The average molecular weight is 574 g/mol. The van der Waals surface area contributed by atoms with Crippen LogP contribution in [-0.4, -0.2) is 27.6 Å². The van der Waals surface area contributed by atoms with Gasteiger partial charge >= 0.3 is 12.1 Å². The highest BCUT2D eigenvalue weighted by Gasteiger charge is 2.19. The van der Waals surface area contributed by atoms with Crippen LogP contribution >= 0.6 is 23.1 Å². The van der Waals surface area contributed by atoms with E-state index in [0.29, 0.717) is 23.0 Å². The third kappa shape index (κ3) is 5.88. The number of amides is 1. The Hall–Kier alpha value is -4.14. The van der Waals surface area contributed by atoms with Crippen LogP contribution in [0, 0.1) is 6.92 Å². The Bertz CT molecular complexity index is 1680. The van der Waals surface area contributed by atoms with Gasteiger partial charge in [0.25, 0.3) is 0 Å². The number of rotatable bonds is 8. The summed E-state index contributed by atoms with van der Waals surface area (Å²) in [6, 6.07) is 23.6. The van der Waals surface area contributed by atoms with Crippen LogP contribution in [0.4, 0.5) is 10.5 Å². The molecule has 2 heterocycles. The number of aromatic nitrogens is 2. The zero-order chi connectivity index (χ0) is 28.2. The van der Waals surface area contributed by atoms with Gasteiger partial charge in [0.2, 0.25) is 0 Å². The number of carbonyl (C=O) groups excluding carboxylic acids is 2. The predicted octanol–water partition coefficient (Wildman–Crippen LogP) is 8.27. The number of esters is 1. The second-order valence-corrected chi connectivity index (χ2v) is 10.4. The van der Waals surface area contributed by atoms with Gasteiger partial charge < -0.3 is 14.0 Å². The maximum Gasteiger partial charge on any atom is 0.412 e. The molecule has 1 amide bonds. The number of hydrogen-bond acceptors (Lipinski definition) is 6. The third-order valence-electron chi connectivity index (χ3n) is 6.57. The molecule has 1 unspecified atom stereocenters. The lowest BCUT2D eigenvalue weighted by Gasteiger charge is -2.16. The normalized spacial score (nSPS) is 11.8. The molecule has 7 nitrogen and oxygen atoms in total. The summed E-state index contributed by atoms with van der Waals surface area (Å²) in [5.41, 5.74) is 6.09. The average Bonchev–Trinajstić information content (AvgIpc) is 3.51. The summed E-state index contributed by atoms with van der Waals surface area (Å²) in [6.45, 7) is 5.98. The summed E-state index contributed by atoms with van der Waals surface area (Å²) < 4.78 is 17.0. The molecule has 0 radical (unpaired) electrons. The van der Waals surface area contributed by atoms with Crippen molar-refractivity contribution < 1.29 is 19.1 Å². The van der Waals surface area contributed by atoms with Crippen molar-refractivity contribution in [3.05, 3.63) is 95.3 Å². The van der Waals surface area contributed by atoms with Gasteiger partial charge in [-0.3, -0.25) is 10.1 Å². The summed E-state index contributed by atoms with van der Waals surface area (Å²) in [6.07, 6.45) is 0.814. The zero-order valence-corrected chi connectivity index (χ0v) is 23.9. The number of aryl methyl sites for hydroxylation is 1. The van der Waals surface area contributed by atoms with E-state index in [1.807, 2.05) is 78.4 Å². The van der Waals surface area contributed by atoms with E-state index >= 15 is 0 Å². The molecule has 2 aromatic heterocycles. The van der Waals surface area contributed by atoms with Crippen molar-refractivity contribution in [2.24, 2.45) is 0 Å². The van der Waals surface area contributed by atoms with Crippen LogP contribution < -0.4 is 5.32 Å². The van der Waals surface area contributed by atoms with Crippen molar-refractivity contribution >= 4 is 51.8 Å². The smallest absolute Gasteiger partial charge is 0.412 e. The molecule has 0 fully saturated rings. The highest BCUT2D eigenvalue weighted by atomic mass is 35.5. The number of nitrogens with one attached hydrogen (secondary N) is 1. The molecule has 0 aliphatic carbocycles. The van der Waals surface area contributed by atoms with Crippen LogP contribution in [0.25, 0.3) is 32.5 Å². The van der Waals surface area contributed by atoms with E-state index in [2.05, 4.69) is 15.8 Å². The quantitative estimate of drug-likeness (QED) is 0.189. The van der Waals surface area contributed by atoms with Gasteiger partial charge in [-0.2, -0.15) is 4.37 Å². The van der Waals surface area contributed by atoms with Crippen molar-refractivity contribution in [1.82, 2.24) is 8.94 Å². The Kier molecular flexibility index (Phi) is 8.19. The van der Waals surface area contributed by atoms with Gasteiger partial charge in [0.05, 0.1) is 22.9 Å². The minimum Gasteiger partial charge on any atom is -0.465 e. The lowest BCUT2D eigenvalue weighted by atomic mass is 10.0. The van der Waals surface area contributed by atoms with Gasteiger partial charge in [0.1, 0.15) is 12.6 Å². The maximum absolute atomic E-state index is 12.8. The van der Waals surface area contributed by atoms with Gasteiger partial charge in [-0.25, -0.2) is 4.79 Å². The Morgan fingerprint density at radius 2 is 1.75 bits per heavy atom. The van der Waals surface area contributed by atoms with E-state index in [-0.39, 0.29) is 12.5 Å². The van der Waals surface area contributed by atoms with Crippen LogP contribution in [0.1, 0.15) is 31.2 Å². The summed E-state index contributed by atoms with van der Waals surface area (Å²) in [5, 5.41) is 4.46. The van der Waals surface area contributed by atoms with Crippen molar-refractivity contribution in [1.29, 1.82) is 0 Å². The molecule has 0 saturated heterocycles. The van der Waals surface area contributed by atoms with Gasteiger partial charge in [-0.1, -0.05) is 60.1 Å². The van der Waals surface area contributed by atoms with Crippen LogP contribution in [0.15, 0.2) is 79.0 Å². The second kappa shape index (κ2) is 11.9. The topological polar surface area (TPSA) is 82.5 Å². The van der Waals surface area contributed by atoms with Crippen LogP contribution in [0.3, 0.4) is 0 Å². The first-order valence-electron chi connectivity index (χ1n) is 12.9. The number of fused-ring (bicyclic) bond motifs is 1. The van der Waals surface area contributed by atoms with E-state index in [1.54, 1.807) is 19.9 Å². The molecule has 9 heteroatoms. The molecule has 1 N–H and O–H groups in total. The van der Waals surface area contributed by atoms with Gasteiger partial charge in [0, 0.05) is 27.7 Å². The van der Waals surface area contributed by atoms with Gasteiger partial charge in [-0.15, -0.1) is 0 Å². The molecule has 0 bridgehead atoms. The monoisotopic (exact) mass is 573 g/mol. The first kappa shape index (κ1) is 27.4. The maximum atomic E-state index is 12.8. The number of ether oxygens (including phenoxy) is 2. The zero-order valence-electron chi connectivity index (χ0n) is 22.3. The van der Waals surface area contributed by atoms with Crippen LogP contribution in [0.5, 0.6) is 0 Å². The first-order valence-corrected chi connectivity index (χ1v) is 14.0. The number of carbonyl (C=O) groups is 2. The predicted molar refractivity (Wildman–Crippen MR) is 160 cm³/mol. The molecule has 3 aromatic carbocycles. The number of anilines is 1. The number of nitrogens with zero attached hydrogens (tertiary/aromatic N) is 2. The van der Waals surface area contributed by atoms with E-state index in [9.17, 15) is 9.59 Å². The Labute approximate surface area is 241 Å². The van der Waals surface area contributed by atoms with Crippen molar-refractivity contribution in [2.75, 3.05) is 11.9 Å². The van der Waals surface area contributed by atoms with Crippen LogP contribution in [0.2, 0.25) is 5.02 Å². The molecule has 0 aliphatic heterocycles. The summed E-state index contributed by atoms with van der Waals surface area (Å²) in [5.74, 6) is -0.254. The Morgan fingerprint density at radius 1 is 1.02 bits per heavy atom. The highest BCUT2D eigenvalue weighted by Crippen LogP contribution is 2.37. The van der Waals surface area contributed by atoms with E-state index in [0.717, 1.165) is 38.0 Å². The molecular weight excluding hydrogens is 546 g/mol. The lowest BCUT2D eigenvalue weighted by Crippen LogP contribution is -2.16. The van der Waals surface area contributed by atoms with Crippen LogP contribution in [-0.2, 0) is 20.8 Å². The molecule has 40 heavy (non-hydrogen) atoms. The minimum absolute atomic E-state index is 0.183. The Balaban J connectivity index is 1.31. The minimum atomic E-state index is -0.572. The largest absolute Gasteiger partial charge is 0.465 e. The number of benzene rings is 3. The fourth-order valence-electron chi connectivity index (χ4n) is 4.55. The molecular formula is C31H28ClN3O4S.